The average Bonchev–Trinajstić information content (AvgIpc) is 3.11. The Morgan fingerprint density at radius 1 is 1.17 bits per heavy atom. The number of likely N-dealkylation sites (N-methyl/N-ethyl adjacent to an activating group) is 1. The molecule has 1 heterocycles. The molecule has 1 N–H and O–H groups in total. The van der Waals surface area contributed by atoms with E-state index in [1.165, 1.54) is 16.8 Å². The van der Waals surface area contributed by atoms with Gasteiger partial charge in [0.15, 0.2) is 5.82 Å². The van der Waals surface area contributed by atoms with Crippen LogP contribution in [0.15, 0.2) is 48.5 Å². The summed E-state index contributed by atoms with van der Waals surface area (Å²) in [6, 6.07) is 11.3. The van der Waals surface area contributed by atoms with Crippen LogP contribution in [-0.4, -0.2) is 44.6 Å². The molecule has 152 valence electrons. The summed E-state index contributed by atoms with van der Waals surface area (Å²) in [5, 5.41) is 14.4. The molecule has 3 aromatic rings. The molecular weight excluding hydrogens is 409 g/mol. The number of para-hydroxylation sites is 1. The average molecular weight is 425 g/mol. The summed E-state index contributed by atoms with van der Waals surface area (Å²) in [4.78, 5) is 13.9. The van der Waals surface area contributed by atoms with Gasteiger partial charge < -0.3 is 5.32 Å². The summed E-state index contributed by atoms with van der Waals surface area (Å²) in [7, 11) is 1.69. The lowest BCUT2D eigenvalue weighted by Gasteiger charge is -2.16. The van der Waals surface area contributed by atoms with E-state index in [1.807, 2.05) is 0 Å². The number of amides is 1. The molecule has 0 aliphatic rings. The first-order valence-electron chi connectivity index (χ1n) is 8.42. The maximum absolute atomic E-state index is 12.7. The van der Waals surface area contributed by atoms with Gasteiger partial charge in [-0.05, 0) is 53.9 Å². The van der Waals surface area contributed by atoms with E-state index in [2.05, 4.69) is 20.8 Å². The molecule has 11 heteroatoms. The second-order valence-corrected chi connectivity index (χ2v) is 6.66. The van der Waals surface area contributed by atoms with E-state index >= 15 is 0 Å². The highest BCUT2D eigenvalue weighted by Crippen LogP contribution is 2.29. The van der Waals surface area contributed by atoms with Crippen molar-refractivity contribution in [2.75, 3.05) is 18.9 Å². The normalized spacial score (nSPS) is 11.7. The van der Waals surface area contributed by atoms with Gasteiger partial charge in [0.2, 0.25) is 5.91 Å². The van der Waals surface area contributed by atoms with E-state index in [1.54, 1.807) is 36.2 Å². The highest BCUT2D eigenvalue weighted by molar-refractivity contribution is 6.33. The lowest BCUT2D eigenvalue weighted by molar-refractivity contribution is -0.137. The minimum Gasteiger partial charge on any atom is -0.324 e. The van der Waals surface area contributed by atoms with Crippen LogP contribution in [0.3, 0.4) is 0 Å². The first kappa shape index (κ1) is 20.7. The molecule has 0 radical (unpaired) electrons. The van der Waals surface area contributed by atoms with E-state index < -0.39 is 11.7 Å². The molecule has 1 amide bonds. The Balaban J connectivity index is 1.65. The number of benzene rings is 2. The van der Waals surface area contributed by atoms with Crippen LogP contribution in [0.4, 0.5) is 18.9 Å². The second kappa shape index (κ2) is 8.58. The van der Waals surface area contributed by atoms with E-state index in [0.29, 0.717) is 22.2 Å². The third kappa shape index (κ3) is 5.30. The Hall–Kier alpha value is -2.98. The number of tetrazole rings is 1. The number of anilines is 1. The zero-order valence-electron chi connectivity index (χ0n) is 15.2. The van der Waals surface area contributed by atoms with Gasteiger partial charge in [0.25, 0.3) is 0 Å². The van der Waals surface area contributed by atoms with Crippen LogP contribution in [0.2, 0.25) is 5.02 Å². The van der Waals surface area contributed by atoms with Crippen LogP contribution in [0.1, 0.15) is 11.4 Å². The number of aromatic nitrogens is 4. The van der Waals surface area contributed by atoms with Gasteiger partial charge in [0, 0.05) is 0 Å². The fourth-order valence-electron chi connectivity index (χ4n) is 2.59. The van der Waals surface area contributed by atoms with Gasteiger partial charge in [-0.15, -0.1) is 5.10 Å². The molecule has 0 aliphatic carbocycles. The van der Waals surface area contributed by atoms with Crippen molar-refractivity contribution in [3.8, 4) is 5.69 Å². The fourth-order valence-corrected chi connectivity index (χ4v) is 2.77. The molecule has 0 unspecified atom stereocenters. The minimum absolute atomic E-state index is 0.0328. The molecule has 1 aromatic heterocycles. The van der Waals surface area contributed by atoms with Gasteiger partial charge in [-0.1, -0.05) is 23.7 Å². The third-order valence-corrected chi connectivity index (χ3v) is 4.28. The highest BCUT2D eigenvalue weighted by Gasteiger charge is 2.30. The Labute approximate surface area is 169 Å². The monoisotopic (exact) mass is 424 g/mol. The van der Waals surface area contributed by atoms with Crippen molar-refractivity contribution in [3.05, 3.63) is 64.9 Å². The van der Waals surface area contributed by atoms with Gasteiger partial charge in [-0.25, -0.2) is 0 Å². The molecule has 0 spiro atoms. The fraction of sp³-hybridized carbons (Fsp3) is 0.222. The van der Waals surface area contributed by atoms with Crippen LogP contribution in [0.25, 0.3) is 5.69 Å². The minimum atomic E-state index is -4.42. The quantitative estimate of drug-likeness (QED) is 0.656. The van der Waals surface area contributed by atoms with Crippen LogP contribution >= 0.6 is 11.6 Å². The van der Waals surface area contributed by atoms with Crippen LogP contribution in [0, 0.1) is 0 Å². The highest BCUT2D eigenvalue weighted by atomic mass is 35.5. The maximum Gasteiger partial charge on any atom is 0.416 e. The lowest BCUT2D eigenvalue weighted by atomic mass is 10.2. The summed E-state index contributed by atoms with van der Waals surface area (Å²) in [5.74, 6) is 0.0898. The summed E-state index contributed by atoms with van der Waals surface area (Å²) in [6.45, 7) is 0.231. The molecule has 3 rings (SSSR count). The summed E-state index contributed by atoms with van der Waals surface area (Å²) < 4.78 is 39.5. The molecule has 29 heavy (non-hydrogen) atoms. The van der Waals surface area contributed by atoms with Gasteiger partial charge >= 0.3 is 6.18 Å². The van der Waals surface area contributed by atoms with Crippen LogP contribution in [0.5, 0.6) is 0 Å². The first-order valence-corrected chi connectivity index (χ1v) is 8.79. The van der Waals surface area contributed by atoms with Gasteiger partial charge in [-0.2, -0.15) is 17.9 Å². The number of hydrogen-bond donors (Lipinski definition) is 1. The molecule has 0 fully saturated rings. The second-order valence-electron chi connectivity index (χ2n) is 6.25. The van der Waals surface area contributed by atoms with Crippen molar-refractivity contribution in [3.63, 3.8) is 0 Å². The van der Waals surface area contributed by atoms with Crippen molar-refractivity contribution >= 4 is 23.2 Å². The van der Waals surface area contributed by atoms with Crippen molar-refractivity contribution in [2.24, 2.45) is 0 Å². The van der Waals surface area contributed by atoms with Crippen molar-refractivity contribution < 1.29 is 18.0 Å². The Morgan fingerprint density at radius 3 is 2.52 bits per heavy atom. The zero-order chi connectivity index (χ0) is 21.0. The maximum atomic E-state index is 12.7. The predicted molar refractivity (Wildman–Crippen MR) is 101 cm³/mol. The number of hydrogen-bond acceptors (Lipinski definition) is 5. The van der Waals surface area contributed by atoms with Crippen molar-refractivity contribution in [1.82, 2.24) is 25.1 Å². The SMILES string of the molecule is CN(CC(=O)Nc1ccccc1Cl)Cc1nnnn1-c1ccc(C(F)(F)F)cc1. The Kier molecular flexibility index (Phi) is 6.14. The summed E-state index contributed by atoms with van der Waals surface area (Å²) >= 11 is 6.02. The number of alkyl halides is 3. The first-order chi connectivity index (χ1) is 13.7. The summed E-state index contributed by atoms with van der Waals surface area (Å²) in [6.07, 6.45) is -4.42. The van der Waals surface area contributed by atoms with Gasteiger partial charge in [0.05, 0.1) is 35.1 Å². The topological polar surface area (TPSA) is 75.9 Å². The van der Waals surface area contributed by atoms with E-state index in [9.17, 15) is 18.0 Å². The Bertz CT molecular complexity index is 990. The molecule has 0 saturated carbocycles. The van der Waals surface area contributed by atoms with Crippen LogP contribution in [-0.2, 0) is 17.5 Å². The van der Waals surface area contributed by atoms with Gasteiger partial charge in [0.1, 0.15) is 0 Å². The standard InChI is InChI=1S/C18H16ClF3N6O/c1-27(11-17(29)23-15-5-3-2-4-14(15)19)10-16-24-25-26-28(16)13-8-6-12(7-9-13)18(20,21)22/h2-9H,10-11H2,1H3,(H,23,29). The number of halogens is 4. The van der Waals surface area contributed by atoms with E-state index in [-0.39, 0.29) is 19.0 Å². The predicted octanol–water partition coefficient (Wildman–Crippen LogP) is 3.41. The Morgan fingerprint density at radius 2 is 1.86 bits per heavy atom. The molecule has 0 saturated heterocycles. The smallest absolute Gasteiger partial charge is 0.324 e. The third-order valence-electron chi connectivity index (χ3n) is 3.95. The number of carbonyl (C=O) groups excluding carboxylic acids is 1. The van der Waals surface area contributed by atoms with Crippen LogP contribution < -0.4 is 5.32 Å². The number of nitrogens with one attached hydrogen (secondary N) is 1. The van der Waals surface area contributed by atoms with Crippen molar-refractivity contribution in [2.45, 2.75) is 12.7 Å². The lowest BCUT2D eigenvalue weighted by Crippen LogP contribution is -2.30. The van der Waals surface area contributed by atoms with E-state index in [0.717, 1.165) is 12.1 Å². The number of nitrogens with zero attached hydrogens (tertiary/aromatic N) is 5. The van der Waals surface area contributed by atoms with E-state index in [4.69, 9.17) is 11.6 Å². The van der Waals surface area contributed by atoms with Gasteiger partial charge in [-0.3, -0.25) is 9.69 Å². The molecule has 2 aromatic carbocycles. The summed E-state index contributed by atoms with van der Waals surface area (Å²) in [5.41, 5.74) is 0.123. The number of carbonyl (C=O) groups is 1. The molecule has 0 atom stereocenters. The largest absolute Gasteiger partial charge is 0.416 e. The van der Waals surface area contributed by atoms with Crippen molar-refractivity contribution in [1.29, 1.82) is 0 Å². The molecule has 0 bridgehead atoms. The zero-order valence-corrected chi connectivity index (χ0v) is 15.9. The molecule has 7 nitrogen and oxygen atoms in total. The number of rotatable bonds is 6. The molecular formula is C18H16ClF3N6O. The molecule has 0 aliphatic heterocycles.